The molecule has 5 fully saturated rings. The van der Waals surface area contributed by atoms with Crippen molar-refractivity contribution in [3.05, 3.63) is 11.6 Å². The number of carbonyl (C=O) groups excluding carboxylic acids is 2. The van der Waals surface area contributed by atoms with Crippen LogP contribution in [0, 0.1) is 29.1 Å². The van der Waals surface area contributed by atoms with Gasteiger partial charge in [0.1, 0.15) is 0 Å². The highest BCUT2D eigenvalue weighted by Crippen LogP contribution is 2.60. The van der Waals surface area contributed by atoms with Gasteiger partial charge in [-0.05, 0) is 69.1 Å². The van der Waals surface area contributed by atoms with Crippen molar-refractivity contribution in [1.29, 1.82) is 0 Å². The van der Waals surface area contributed by atoms with E-state index in [1.165, 1.54) is 30.6 Å². The van der Waals surface area contributed by atoms with E-state index in [2.05, 4.69) is 15.2 Å². The molecule has 4 aliphatic carbocycles. The maximum atomic E-state index is 13.4. The lowest BCUT2D eigenvalue weighted by molar-refractivity contribution is -0.159. The molecule has 0 aromatic carbocycles. The number of piperidine rings is 1. The standard InChI is InChI=1S/C20H27N3O2S/c24-17(22-19-21-3-6-26-19)16-1-4-23(5-2-16)18(25)20-10-13-7-14(11-20)9-15(8-13)12-20/h3,6,13-16H,1-2,4-5,7-12H2,(H,21,22,24). The van der Waals surface area contributed by atoms with E-state index in [1.807, 2.05) is 5.38 Å². The number of aromatic nitrogens is 1. The van der Waals surface area contributed by atoms with Gasteiger partial charge in [0.2, 0.25) is 11.8 Å². The highest BCUT2D eigenvalue weighted by atomic mass is 32.1. The molecule has 2 heterocycles. The van der Waals surface area contributed by atoms with Gasteiger partial charge in [-0.2, -0.15) is 0 Å². The largest absolute Gasteiger partial charge is 0.342 e. The number of hydrogen-bond acceptors (Lipinski definition) is 4. The van der Waals surface area contributed by atoms with Gasteiger partial charge in [-0.1, -0.05) is 0 Å². The molecule has 5 aliphatic rings. The summed E-state index contributed by atoms with van der Waals surface area (Å²) in [6.45, 7) is 1.47. The Balaban J connectivity index is 1.20. The molecule has 26 heavy (non-hydrogen) atoms. The molecular formula is C20H27N3O2S. The van der Waals surface area contributed by atoms with Crippen LogP contribution in [0.2, 0.25) is 0 Å². The van der Waals surface area contributed by atoms with Crippen LogP contribution in [-0.4, -0.2) is 34.8 Å². The lowest BCUT2D eigenvalue weighted by atomic mass is 9.49. The summed E-state index contributed by atoms with van der Waals surface area (Å²) in [4.78, 5) is 32.0. The lowest BCUT2D eigenvalue weighted by Gasteiger charge is -2.57. The van der Waals surface area contributed by atoms with Crippen molar-refractivity contribution < 1.29 is 9.59 Å². The Bertz CT molecular complexity index is 659. The minimum Gasteiger partial charge on any atom is -0.342 e. The van der Waals surface area contributed by atoms with Gasteiger partial charge in [0.25, 0.3) is 0 Å². The highest BCUT2D eigenvalue weighted by Gasteiger charge is 2.55. The number of likely N-dealkylation sites (tertiary alicyclic amines) is 1. The van der Waals surface area contributed by atoms with E-state index in [4.69, 9.17) is 0 Å². The first kappa shape index (κ1) is 16.7. The molecule has 4 bridgehead atoms. The van der Waals surface area contributed by atoms with E-state index >= 15 is 0 Å². The second kappa shape index (κ2) is 6.32. The smallest absolute Gasteiger partial charge is 0.229 e. The summed E-state index contributed by atoms with van der Waals surface area (Å²) in [5.74, 6) is 2.86. The van der Waals surface area contributed by atoms with E-state index < -0.39 is 0 Å². The summed E-state index contributed by atoms with van der Waals surface area (Å²) in [6.07, 6.45) is 10.7. The molecule has 0 spiro atoms. The van der Waals surface area contributed by atoms with Crippen molar-refractivity contribution in [1.82, 2.24) is 9.88 Å². The SMILES string of the molecule is O=C(Nc1nccs1)C1CCN(C(=O)C23CC4CC(CC(C4)C2)C3)CC1. The molecule has 1 aliphatic heterocycles. The predicted octanol–water partition coefficient (Wildman–Crippen LogP) is 3.54. The minimum absolute atomic E-state index is 0.000636. The molecule has 0 unspecified atom stereocenters. The Hall–Kier alpha value is -1.43. The fourth-order valence-electron chi connectivity index (χ4n) is 6.55. The summed E-state index contributed by atoms with van der Waals surface area (Å²) in [5.41, 5.74) is -0.0509. The van der Waals surface area contributed by atoms with Crippen LogP contribution in [0.15, 0.2) is 11.6 Å². The first-order chi connectivity index (χ1) is 12.6. The Kier molecular flexibility index (Phi) is 4.07. The minimum atomic E-state index is -0.0509. The zero-order valence-corrected chi connectivity index (χ0v) is 16.0. The molecule has 0 radical (unpaired) electrons. The quantitative estimate of drug-likeness (QED) is 0.881. The number of amides is 2. The Morgan fingerprint density at radius 2 is 1.69 bits per heavy atom. The van der Waals surface area contributed by atoms with Crippen LogP contribution in [0.5, 0.6) is 0 Å². The average Bonchev–Trinajstić information content (AvgIpc) is 3.13. The van der Waals surface area contributed by atoms with E-state index in [-0.39, 0.29) is 17.2 Å². The number of carbonyl (C=O) groups is 2. The third-order valence-electron chi connectivity index (χ3n) is 7.31. The van der Waals surface area contributed by atoms with Gasteiger partial charge in [-0.3, -0.25) is 9.59 Å². The molecule has 1 saturated heterocycles. The second-order valence-electron chi connectivity index (χ2n) is 9.09. The molecule has 1 N–H and O–H groups in total. The van der Waals surface area contributed by atoms with Crippen LogP contribution >= 0.6 is 11.3 Å². The summed E-state index contributed by atoms with van der Waals surface area (Å²) in [5, 5.41) is 5.44. The maximum absolute atomic E-state index is 13.4. The number of rotatable bonds is 3. The van der Waals surface area contributed by atoms with E-state index in [0.717, 1.165) is 62.9 Å². The summed E-state index contributed by atoms with van der Waals surface area (Å²) in [6, 6.07) is 0. The fourth-order valence-corrected chi connectivity index (χ4v) is 7.08. The van der Waals surface area contributed by atoms with Gasteiger partial charge in [0.15, 0.2) is 5.13 Å². The van der Waals surface area contributed by atoms with Gasteiger partial charge in [-0.15, -0.1) is 11.3 Å². The van der Waals surface area contributed by atoms with Gasteiger partial charge >= 0.3 is 0 Å². The Labute approximate surface area is 158 Å². The normalized spacial score (nSPS) is 36.3. The van der Waals surface area contributed by atoms with Crippen LogP contribution in [-0.2, 0) is 9.59 Å². The van der Waals surface area contributed by atoms with Gasteiger partial charge in [0, 0.05) is 30.6 Å². The van der Waals surface area contributed by atoms with Crippen molar-refractivity contribution in [2.75, 3.05) is 18.4 Å². The molecular weight excluding hydrogens is 346 g/mol. The first-order valence-electron chi connectivity index (χ1n) is 10.1. The number of hydrogen-bond donors (Lipinski definition) is 1. The Morgan fingerprint density at radius 1 is 1.08 bits per heavy atom. The van der Waals surface area contributed by atoms with Gasteiger partial charge in [-0.25, -0.2) is 4.98 Å². The molecule has 4 saturated carbocycles. The average molecular weight is 374 g/mol. The monoisotopic (exact) mass is 373 g/mol. The molecule has 6 rings (SSSR count). The van der Waals surface area contributed by atoms with Crippen LogP contribution in [0.4, 0.5) is 5.13 Å². The topological polar surface area (TPSA) is 62.3 Å². The molecule has 0 atom stereocenters. The fraction of sp³-hybridized carbons (Fsp3) is 0.750. The first-order valence-corrected chi connectivity index (χ1v) is 11.0. The van der Waals surface area contributed by atoms with Gasteiger partial charge < -0.3 is 10.2 Å². The predicted molar refractivity (Wildman–Crippen MR) is 101 cm³/mol. The molecule has 2 amide bonds. The maximum Gasteiger partial charge on any atom is 0.229 e. The second-order valence-corrected chi connectivity index (χ2v) is 9.99. The molecule has 6 heteroatoms. The number of nitrogens with one attached hydrogen (secondary N) is 1. The Morgan fingerprint density at radius 3 is 2.23 bits per heavy atom. The summed E-state index contributed by atoms with van der Waals surface area (Å²) >= 11 is 1.45. The number of anilines is 1. The van der Waals surface area contributed by atoms with Crippen LogP contribution in [0.25, 0.3) is 0 Å². The molecule has 1 aromatic rings. The number of thiazole rings is 1. The van der Waals surface area contributed by atoms with Crippen molar-refractivity contribution in [2.24, 2.45) is 29.1 Å². The van der Waals surface area contributed by atoms with Crippen molar-refractivity contribution in [2.45, 2.75) is 51.4 Å². The van der Waals surface area contributed by atoms with E-state index in [9.17, 15) is 9.59 Å². The zero-order chi connectivity index (χ0) is 17.7. The van der Waals surface area contributed by atoms with Crippen molar-refractivity contribution >= 4 is 28.3 Å². The van der Waals surface area contributed by atoms with Crippen molar-refractivity contribution in [3.8, 4) is 0 Å². The van der Waals surface area contributed by atoms with Gasteiger partial charge in [0.05, 0.1) is 5.41 Å². The lowest BCUT2D eigenvalue weighted by Crippen LogP contribution is -2.56. The van der Waals surface area contributed by atoms with E-state index in [0.29, 0.717) is 11.0 Å². The summed E-state index contributed by atoms with van der Waals surface area (Å²) in [7, 11) is 0. The number of nitrogens with zero attached hydrogens (tertiary/aromatic N) is 2. The van der Waals surface area contributed by atoms with Crippen LogP contribution in [0.3, 0.4) is 0 Å². The molecule has 5 nitrogen and oxygen atoms in total. The third-order valence-corrected chi connectivity index (χ3v) is 8.00. The van der Waals surface area contributed by atoms with E-state index in [1.54, 1.807) is 6.20 Å². The zero-order valence-electron chi connectivity index (χ0n) is 15.2. The van der Waals surface area contributed by atoms with Crippen molar-refractivity contribution in [3.63, 3.8) is 0 Å². The van der Waals surface area contributed by atoms with Crippen LogP contribution in [0.1, 0.15) is 51.4 Å². The highest BCUT2D eigenvalue weighted by molar-refractivity contribution is 7.13. The summed E-state index contributed by atoms with van der Waals surface area (Å²) < 4.78 is 0. The van der Waals surface area contributed by atoms with Crippen LogP contribution < -0.4 is 5.32 Å². The molecule has 140 valence electrons. The third kappa shape index (κ3) is 2.86. The molecule has 1 aromatic heterocycles.